The number of amides is 1. The zero-order chi connectivity index (χ0) is 20.1. The Morgan fingerprint density at radius 1 is 1.10 bits per heavy atom. The van der Waals surface area contributed by atoms with Crippen molar-refractivity contribution in [3.8, 4) is 17.2 Å². The van der Waals surface area contributed by atoms with E-state index in [0.29, 0.717) is 30.3 Å². The van der Waals surface area contributed by atoms with Gasteiger partial charge in [-0.2, -0.15) is 0 Å². The summed E-state index contributed by atoms with van der Waals surface area (Å²) in [5.74, 6) is 2.52. The molecule has 0 fully saturated rings. The second-order valence-corrected chi connectivity index (χ2v) is 6.35. The first-order chi connectivity index (χ1) is 14.2. The predicted octanol–water partition coefficient (Wildman–Crippen LogP) is 3.88. The predicted molar refractivity (Wildman–Crippen MR) is 109 cm³/mol. The van der Waals surface area contributed by atoms with Gasteiger partial charge in [-0.25, -0.2) is 4.98 Å². The van der Waals surface area contributed by atoms with E-state index in [0.717, 1.165) is 22.7 Å². The summed E-state index contributed by atoms with van der Waals surface area (Å²) in [6.45, 7) is 3.10. The summed E-state index contributed by atoms with van der Waals surface area (Å²) in [6.07, 6.45) is 1.60. The molecular formula is C22H21N3O4. The minimum Gasteiger partial charge on any atom is -0.492 e. The first-order valence-electron chi connectivity index (χ1n) is 9.34. The van der Waals surface area contributed by atoms with Crippen molar-refractivity contribution in [3.05, 3.63) is 71.9 Å². The Bertz CT molecular complexity index is 1020. The van der Waals surface area contributed by atoms with E-state index in [1.165, 1.54) is 0 Å². The normalized spacial score (nSPS) is 11.8. The van der Waals surface area contributed by atoms with Gasteiger partial charge < -0.3 is 24.8 Å². The summed E-state index contributed by atoms with van der Waals surface area (Å²) in [7, 11) is 0. The number of anilines is 2. The van der Waals surface area contributed by atoms with E-state index in [1.807, 2.05) is 49.4 Å². The lowest BCUT2D eigenvalue weighted by Crippen LogP contribution is -2.22. The van der Waals surface area contributed by atoms with Crippen molar-refractivity contribution in [2.75, 3.05) is 18.7 Å². The van der Waals surface area contributed by atoms with Crippen LogP contribution in [0.25, 0.3) is 0 Å². The number of rotatable bonds is 7. The molecule has 0 bridgehead atoms. The van der Waals surface area contributed by atoms with Gasteiger partial charge >= 0.3 is 0 Å². The molecule has 2 N–H and O–H groups in total. The molecule has 1 aliphatic heterocycles. The van der Waals surface area contributed by atoms with Gasteiger partial charge in [0.05, 0.1) is 12.3 Å². The van der Waals surface area contributed by atoms with Crippen molar-refractivity contribution in [2.45, 2.75) is 13.5 Å². The molecule has 4 rings (SSSR count). The van der Waals surface area contributed by atoms with Gasteiger partial charge in [-0.15, -0.1) is 0 Å². The minimum absolute atomic E-state index is 0.189. The molecule has 0 saturated carbocycles. The number of para-hydroxylation sites is 2. The van der Waals surface area contributed by atoms with Gasteiger partial charge in [-0.3, -0.25) is 4.79 Å². The molecular weight excluding hydrogens is 370 g/mol. The summed E-state index contributed by atoms with van der Waals surface area (Å²) in [5.41, 5.74) is 2.23. The lowest BCUT2D eigenvalue weighted by Gasteiger charge is -2.12. The van der Waals surface area contributed by atoms with Crippen LogP contribution in [0.3, 0.4) is 0 Å². The fourth-order valence-electron chi connectivity index (χ4n) is 2.96. The van der Waals surface area contributed by atoms with E-state index in [4.69, 9.17) is 14.2 Å². The Balaban J connectivity index is 1.42. The number of nitrogens with zero attached hydrogens (tertiary/aromatic N) is 1. The number of nitrogens with one attached hydrogen (secondary N) is 2. The molecule has 2 heterocycles. The highest BCUT2D eigenvalue weighted by Crippen LogP contribution is 2.32. The fraction of sp³-hybridized carbons (Fsp3) is 0.182. The topological polar surface area (TPSA) is 81.7 Å². The molecule has 0 spiro atoms. The zero-order valence-corrected chi connectivity index (χ0v) is 16.0. The molecule has 1 aliphatic rings. The molecule has 0 atom stereocenters. The van der Waals surface area contributed by atoms with Crippen molar-refractivity contribution in [1.82, 2.24) is 10.3 Å². The number of benzene rings is 2. The van der Waals surface area contributed by atoms with Crippen molar-refractivity contribution >= 4 is 17.4 Å². The van der Waals surface area contributed by atoms with Crippen LogP contribution in [0.4, 0.5) is 11.5 Å². The maximum atomic E-state index is 12.6. The van der Waals surface area contributed by atoms with Crippen LogP contribution in [-0.4, -0.2) is 24.3 Å². The number of fused-ring (bicyclic) bond motifs is 1. The molecule has 0 saturated heterocycles. The SMILES string of the molecule is CCOc1ccccc1Nc1cc(C(=O)NCc2ccc3c(c2)OCO3)ccn1. The third kappa shape index (κ3) is 4.40. The Hall–Kier alpha value is -3.74. The van der Waals surface area contributed by atoms with Crippen LogP contribution in [0.2, 0.25) is 0 Å². The van der Waals surface area contributed by atoms with Gasteiger partial charge in [0.1, 0.15) is 11.6 Å². The van der Waals surface area contributed by atoms with Gasteiger partial charge in [0.25, 0.3) is 5.91 Å². The molecule has 29 heavy (non-hydrogen) atoms. The van der Waals surface area contributed by atoms with Crippen LogP contribution in [-0.2, 0) is 6.54 Å². The highest BCUT2D eigenvalue weighted by Gasteiger charge is 2.14. The molecule has 0 unspecified atom stereocenters. The standard InChI is InChI=1S/C22H21N3O4/c1-2-27-18-6-4-3-5-17(18)25-21-12-16(9-10-23-21)22(26)24-13-15-7-8-19-20(11-15)29-14-28-19/h3-12H,2,13-14H2,1H3,(H,23,25)(H,24,26). The molecule has 1 amide bonds. The van der Waals surface area contributed by atoms with Crippen molar-refractivity contribution in [3.63, 3.8) is 0 Å². The van der Waals surface area contributed by atoms with Crippen molar-refractivity contribution in [1.29, 1.82) is 0 Å². The Labute approximate surface area is 168 Å². The number of ether oxygens (including phenoxy) is 3. The Kier molecular flexibility index (Phi) is 5.47. The van der Waals surface area contributed by atoms with Gasteiger partial charge in [-0.05, 0) is 48.9 Å². The average Bonchev–Trinajstić information content (AvgIpc) is 3.22. The third-order valence-corrected chi connectivity index (χ3v) is 4.36. The summed E-state index contributed by atoms with van der Waals surface area (Å²) in [4.78, 5) is 16.9. The van der Waals surface area contributed by atoms with E-state index in [2.05, 4.69) is 15.6 Å². The maximum Gasteiger partial charge on any atom is 0.251 e. The first-order valence-corrected chi connectivity index (χ1v) is 9.34. The number of carbonyl (C=O) groups is 1. The molecule has 3 aromatic rings. The van der Waals surface area contributed by atoms with E-state index in [9.17, 15) is 4.79 Å². The Morgan fingerprint density at radius 2 is 1.97 bits per heavy atom. The van der Waals surface area contributed by atoms with E-state index >= 15 is 0 Å². The third-order valence-electron chi connectivity index (χ3n) is 4.36. The van der Waals surface area contributed by atoms with Gasteiger partial charge in [-0.1, -0.05) is 18.2 Å². The lowest BCUT2D eigenvalue weighted by atomic mass is 10.2. The van der Waals surface area contributed by atoms with Crippen molar-refractivity contribution in [2.24, 2.45) is 0 Å². The number of hydrogen-bond donors (Lipinski definition) is 2. The first kappa shape index (κ1) is 18.6. The number of carbonyl (C=O) groups excluding carboxylic acids is 1. The summed E-state index contributed by atoms with van der Waals surface area (Å²) in [6, 6.07) is 16.6. The summed E-state index contributed by atoms with van der Waals surface area (Å²) < 4.78 is 16.3. The van der Waals surface area contributed by atoms with Crippen LogP contribution in [0.5, 0.6) is 17.2 Å². The van der Waals surface area contributed by atoms with Crippen LogP contribution in [0.1, 0.15) is 22.8 Å². The highest BCUT2D eigenvalue weighted by molar-refractivity contribution is 5.94. The summed E-state index contributed by atoms with van der Waals surface area (Å²) in [5, 5.41) is 6.12. The van der Waals surface area contributed by atoms with Crippen LogP contribution in [0, 0.1) is 0 Å². The van der Waals surface area contributed by atoms with Crippen LogP contribution < -0.4 is 24.8 Å². The van der Waals surface area contributed by atoms with Gasteiger partial charge in [0.2, 0.25) is 6.79 Å². The van der Waals surface area contributed by atoms with E-state index in [1.54, 1.807) is 18.3 Å². The average molecular weight is 391 g/mol. The molecule has 2 aromatic carbocycles. The molecule has 0 aliphatic carbocycles. The van der Waals surface area contributed by atoms with E-state index < -0.39 is 0 Å². The largest absolute Gasteiger partial charge is 0.492 e. The lowest BCUT2D eigenvalue weighted by molar-refractivity contribution is 0.0950. The van der Waals surface area contributed by atoms with E-state index in [-0.39, 0.29) is 12.7 Å². The summed E-state index contributed by atoms with van der Waals surface area (Å²) >= 11 is 0. The van der Waals surface area contributed by atoms with Crippen molar-refractivity contribution < 1.29 is 19.0 Å². The smallest absolute Gasteiger partial charge is 0.251 e. The molecule has 0 radical (unpaired) electrons. The van der Waals surface area contributed by atoms with Gasteiger partial charge in [0.15, 0.2) is 11.5 Å². The Morgan fingerprint density at radius 3 is 2.86 bits per heavy atom. The van der Waals surface area contributed by atoms with Crippen LogP contribution >= 0.6 is 0 Å². The zero-order valence-electron chi connectivity index (χ0n) is 16.0. The minimum atomic E-state index is -0.189. The second-order valence-electron chi connectivity index (χ2n) is 6.35. The number of aromatic nitrogens is 1. The molecule has 1 aromatic heterocycles. The second kappa shape index (κ2) is 8.52. The molecule has 148 valence electrons. The molecule has 7 nitrogen and oxygen atoms in total. The number of pyridine rings is 1. The highest BCUT2D eigenvalue weighted by atomic mass is 16.7. The monoisotopic (exact) mass is 391 g/mol. The van der Waals surface area contributed by atoms with Crippen LogP contribution in [0.15, 0.2) is 60.8 Å². The maximum absolute atomic E-state index is 12.6. The fourth-order valence-corrected chi connectivity index (χ4v) is 2.96. The quantitative estimate of drug-likeness (QED) is 0.636. The number of hydrogen-bond acceptors (Lipinski definition) is 6. The molecule has 7 heteroatoms. The van der Waals surface area contributed by atoms with Gasteiger partial charge in [0, 0.05) is 18.3 Å².